The lowest BCUT2D eigenvalue weighted by Crippen LogP contribution is -2.41. The largest absolute Gasteiger partial charge is 0.367 e. The number of primary amides is 1. The number of benzene rings is 2. The van der Waals surface area contributed by atoms with E-state index in [-0.39, 0.29) is 6.61 Å². The van der Waals surface area contributed by atoms with Gasteiger partial charge in [-0.15, -0.1) is 0 Å². The van der Waals surface area contributed by atoms with Crippen molar-refractivity contribution >= 4 is 17.3 Å². The number of rotatable bonds is 7. The first-order valence-corrected chi connectivity index (χ1v) is 8.34. The van der Waals surface area contributed by atoms with Gasteiger partial charge in [0.05, 0.1) is 6.61 Å². The second-order valence-corrected chi connectivity index (χ2v) is 6.08. The molecule has 0 aliphatic carbocycles. The van der Waals surface area contributed by atoms with E-state index in [4.69, 9.17) is 10.5 Å². The minimum atomic E-state index is -1.27. The van der Waals surface area contributed by atoms with Gasteiger partial charge in [-0.1, -0.05) is 48.5 Å². The molecule has 1 heterocycles. The van der Waals surface area contributed by atoms with Gasteiger partial charge in [-0.3, -0.25) is 9.78 Å². The first kappa shape index (κ1) is 17.6. The maximum absolute atomic E-state index is 12.3. The van der Waals surface area contributed by atoms with Crippen LogP contribution in [0.1, 0.15) is 18.1 Å². The van der Waals surface area contributed by atoms with Gasteiger partial charge in [0.25, 0.3) is 5.91 Å². The molecule has 132 valence electrons. The third kappa shape index (κ3) is 3.90. The highest BCUT2D eigenvalue weighted by Gasteiger charge is 2.36. The number of carbonyl (C=O) groups excluding carboxylic acids is 1. The van der Waals surface area contributed by atoms with Crippen LogP contribution in [-0.4, -0.2) is 10.9 Å². The first-order valence-electron chi connectivity index (χ1n) is 8.34. The number of anilines is 2. The van der Waals surface area contributed by atoms with Gasteiger partial charge in [0.15, 0.2) is 5.60 Å². The average molecular weight is 347 g/mol. The van der Waals surface area contributed by atoms with Gasteiger partial charge in [0, 0.05) is 29.3 Å². The molecule has 0 aliphatic heterocycles. The molecule has 26 heavy (non-hydrogen) atoms. The number of nitrogens with zero attached hydrogens (tertiary/aromatic N) is 1. The third-order valence-corrected chi connectivity index (χ3v) is 4.24. The Morgan fingerprint density at radius 3 is 2.38 bits per heavy atom. The minimum absolute atomic E-state index is 0.282. The maximum Gasteiger partial charge on any atom is 0.254 e. The molecule has 1 aromatic heterocycles. The lowest BCUT2D eigenvalue weighted by molar-refractivity contribution is -0.144. The Morgan fingerprint density at radius 2 is 1.69 bits per heavy atom. The number of nitrogens with two attached hydrogens (primary N) is 1. The predicted molar refractivity (Wildman–Crippen MR) is 102 cm³/mol. The van der Waals surface area contributed by atoms with Crippen LogP contribution in [0.4, 0.5) is 11.4 Å². The molecule has 0 saturated carbocycles. The van der Waals surface area contributed by atoms with Crippen molar-refractivity contribution in [1.29, 1.82) is 0 Å². The highest BCUT2D eigenvalue weighted by Crippen LogP contribution is 2.33. The van der Waals surface area contributed by atoms with Crippen LogP contribution >= 0.6 is 0 Å². The van der Waals surface area contributed by atoms with Crippen molar-refractivity contribution in [2.24, 2.45) is 5.73 Å². The Morgan fingerprint density at radius 1 is 1.04 bits per heavy atom. The zero-order chi connectivity index (χ0) is 18.4. The number of aromatic nitrogens is 1. The molecule has 0 bridgehead atoms. The Bertz CT molecular complexity index is 869. The first-order chi connectivity index (χ1) is 12.6. The van der Waals surface area contributed by atoms with Gasteiger partial charge >= 0.3 is 0 Å². The Balaban J connectivity index is 1.91. The summed E-state index contributed by atoms with van der Waals surface area (Å²) < 4.78 is 6.01. The highest BCUT2D eigenvalue weighted by molar-refractivity contribution is 5.87. The topological polar surface area (TPSA) is 77.2 Å². The monoisotopic (exact) mass is 347 g/mol. The predicted octanol–water partition coefficient (Wildman–Crippen LogP) is 3.74. The van der Waals surface area contributed by atoms with Crippen LogP contribution in [0.3, 0.4) is 0 Å². The standard InChI is InChI=1S/C21H21N3O2/c1-21(20(22)25,26-15-16-7-3-2-4-8-16)18-9-5-6-10-19(18)24-17-11-13-23-14-12-17/h2-14H,15H2,1H3,(H2,22,25)(H,23,24). The summed E-state index contributed by atoms with van der Waals surface area (Å²) in [5.74, 6) is -0.544. The molecular formula is C21H21N3O2. The van der Waals surface area contributed by atoms with E-state index in [9.17, 15) is 4.79 Å². The van der Waals surface area contributed by atoms with Crippen molar-refractivity contribution in [2.45, 2.75) is 19.1 Å². The van der Waals surface area contributed by atoms with Crippen molar-refractivity contribution in [3.8, 4) is 0 Å². The number of ether oxygens (including phenoxy) is 1. The third-order valence-electron chi connectivity index (χ3n) is 4.24. The van der Waals surface area contributed by atoms with E-state index in [0.29, 0.717) is 5.56 Å². The number of pyridine rings is 1. The fourth-order valence-corrected chi connectivity index (χ4v) is 2.68. The van der Waals surface area contributed by atoms with Crippen molar-refractivity contribution in [2.75, 3.05) is 5.32 Å². The molecule has 5 heteroatoms. The molecule has 1 unspecified atom stereocenters. The van der Waals surface area contributed by atoms with Gasteiger partial charge < -0.3 is 15.8 Å². The molecule has 3 rings (SSSR count). The quantitative estimate of drug-likeness (QED) is 0.682. The normalized spacial score (nSPS) is 13.0. The molecule has 3 N–H and O–H groups in total. The van der Waals surface area contributed by atoms with Gasteiger partial charge in [-0.05, 0) is 30.7 Å². The number of carbonyl (C=O) groups is 1. The van der Waals surface area contributed by atoms with Crippen molar-refractivity contribution < 1.29 is 9.53 Å². The van der Waals surface area contributed by atoms with Crippen molar-refractivity contribution in [3.05, 3.63) is 90.3 Å². The van der Waals surface area contributed by atoms with Gasteiger partial charge in [0.2, 0.25) is 0 Å². The average Bonchev–Trinajstić information content (AvgIpc) is 2.68. The summed E-state index contributed by atoms with van der Waals surface area (Å²) in [4.78, 5) is 16.3. The number of amides is 1. The molecule has 5 nitrogen and oxygen atoms in total. The molecule has 3 aromatic rings. The van der Waals surface area contributed by atoms with Crippen molar-refractivity contribution in [1.82, 2.24) is 4.98 Å². The van der Waals surface area contributed by atoms with Crippen LogP contribution in [0.15, 0.2) is 79.1 Å². The van der Waals surface area contributed by atoms with Gasteiger partial charge in [0.1, 0.15) is 0 Å². The van der Waals surface area contributed by atoms with E-state index in [1.807, 2.05) is 66.7 Å². The molecule has 0 radical (unpaired) electrons. The summed E-state index contributed by atoms with van der Waals surface area (Å²) in [7, 11) is 0. The zero-order valence-electron chi connectivity index (χ0n) is 14.6. The highest BCUT2D eigenvalue weighted by atomic mass is 16.5. The molecule has 0 aliphatic rings. The Hall–Kier alpha value is -3.18. The fourth-order valence-electron chi connectivity index (χ4n) is 2.68. The molecular weight excluding hydrogens is 326 g/mol. The number of nitrogens with one attached hydrogen (secondary N) is 1. The SMILES string of the molecule is CC(OCc1ccccc1)(C(N)=O)c1ccccc1Nc1ccncc1. The van der Waals surface area contributed by atoms with Crippen LogP contribution < -0.4 is 11.1 Å². The zero-order valence-corrected chi connectivity index (χ0v) is 14.6. The van der Waals surface area contributed by atoms with E-state index in [2.05, 4.69) is 10.3 Å². The maximum atomic E-state index is 12.3. The summed E-state index contributed by atoms with van der Waals surface area (Å²) in [6.07, 6.45) is 3.40. The lowest BCUT2D eigenvalue weighted by atomic mass is 9.93. The van der Waals surface area contributed by atoms with Crippen LogP contribution in [0.2, 0.25) is 0 Å². The molecule has 0 spiro atoms. The number of para-hydroxylation sites is 1. The van der Waals surface area contributed by atoms with Crippen LogP contribution in [0, 0.1) is 0 Å². The second kappa shape index (κ2) is 7.80. The summed E-state index contributed by atoms with van der Waals surface area (Å²) in [6, 6.07) is 20.9. The Labute approximate surface area is 152 Å². The van der Waals surface area contributed by atoms with E-state index < -0.39 is 11.5 Å². The molecule has 1 atom stereocenters. The van der Waals surface area contributed by atoms with Gasteiger partial charge in [-0.25, -0.2) is 0 Å². The van der Waals surface area contributed by atoms with E-state index in [1.54, 1.807) is 19.3 Å². The second-order valence-electron chi connectivity index (χ2n) is 6.08. The van der Waals surface area contributed by atoms with E-state index in [0.717, 1.165) is 16.9 Å². The van der Waals surface area contributed by atoms with E-state index in [1.165, 1.54) is 0 Å². The number of hydrogen-bond donors (Lipinski definition) is 2. The van der Waals surface area contributed by atoms with E-state index >= 15 is 0 Å². The summed E-state index contributed by atoms with van der Waals surface area (Å²) in [6.45, 7) is 1.98. The minimum Gasteiger partial charge on any atom is -0.367 e. The van der Waals surface area contributed by atoms with Crippen molar-refractivity contribution in [3.63, 3.8) is 0 Å². The van der Waals surface area contributed by atoms with Crippen LogP contribution in [-0.2, 0) is 21.7 Å². The van der Waals surface area contributed by atoms with Crippen LogP contribution in [0.5, 0.6) is 0 Å². The summed E-state index contributed by atoms with van der Waals surface area (Å²) in [5.41, 5.74) is 7.73. The molecule has 0 fully saturated rings. The fraction of sp³-hybridized carbons (Fsp3) is 0.143. The van der Waals surface area contributed by atoms with Crippen LogP contribution in [0.25, 0.3) is 0 Å². The lowest BCUT2D eigenvalue weighted by Gasteiger charge is -2.29. The number of hydrogen-bond acceptors (Lipinski definition) is 4. The molecule has 1 amide bonds. The summed E-state index contributed by atoms with van der Waals surface area (Å²) >= 11 is 0. The summed E-state index contributed by atoms with van der Waals surface area (Å²) in [5, 5.41) is 3.30. The molecule has 2 aromatic carbocycles. The smallest absolute Gasteiger partial charge is 0.254 e. The Kier molecular flexibility index (Phi) is 5.29. The van der Waals surface area contributed by atoms with Gasteiger partial charge in [-0.2, -0.15) is 0 Å². The molecule has 0 saturated heterocycles.